The van der Waals surface area contributed by atoms with Crippen LogP contribution in [0.3, 0.4) is 0 Å². The summed E-state index contributed by atoms with van der Waals surface area (Å²) in [6.45, 7) is 1.38. The maximum absolute atomic E-state index is 13.0. The molecule has 4 atom stereocenters. The number of hydrogen-bond acceptors (Lipinski definition) is 7. The Morgan fingerprint density at radius 3 is 2.50 bits per heavy atom. The van der Waals surface area contributed by atoms with E-state index in [0.717, 1.165) is 0 Å². The second-order valence-electron chi connectivity index (χ2n) is 8.85. The Morgan fingerprint density at radius 1 is 1.21 bits per heavy atom. The number of aromatic hydroxyl groups is 1. The third-order valence-corrected chi connectivity index (χ3v) is 6.92. The molecule has 9 nitrogen and oxygen atoms in total. The summed E-state index contributed by atoms with van der Waals surface area (Å²) in [6, 6.07) is 5.02. The number of anilines is 1. The molecule has 1 aliphatic heterocycles. The molecule has 2 fully saturated rings. The van der Waals surface area contributed by atoms with Gasteiger partial charge in [-0.05, 0) is 36.8 Å². The zero-order valence-corrected chi connectivity index (χ0v) is 17.6. The summed E-state index contributed by atoms with van der Waals surface area (Å²) in [5, 5.41) is 19.8. The van der Waals surface area contributed by atoms with Crippen molar-refractivity contribution in [3.05, 3.63) is 45.2 Å². The summed E-state index contributed by atoms with van der Waals surface area (Å²) in [5.74, 6) is -4.08. The van der Waals surface area contributed by atoms with Crippen LogP contribution in [0.15, 0.2) is 23.0 Å². The number of aromatic carboxylic acids is 1. The fourth-order valence-corrected chi connectivity index (χ4v) is 5.07. The minimum absolute atomic E-state index is 0.0462. The van der Waals surface area contributed by atoms with E-state index in [4.69, 9.17) is 10.5 Å². The van der Waals surface area contributed by atoms with Crippen LogP contribution in [-0.2, 0) is 16.0 Å². The van der Waals surface area contributed by atoms with E-state index in [9.17, 15) is 37.8 Å². The highest BCUT2D eigenvalue weighted by atomic mass is 19.4. The number of hydrogen-bond donors (Lipinski definition) is 4. The Bertz CT molecular complexity index is 1260. The summed E-state index contributed by atoms with van der Waals surface area (Å²) in [6.07, 6.45) is -6.86. The van der Waals surface area contributed by atoms with E-state index in [1.54, 1.807) is 18.2 Å². The van der Waals surface area contributed by atoms with Gasteiger partial charge in [-0.1, -0.05) is 6.07 Å². The van der Waals surface area contributed by atoms with Gasteiger partial charge in [0.2, 0.25) is 0 Å². The number of benzene rings is 1. The topological polar surface area (TPSA) is 146 Å². The van der Waals surface area contributed by atoms with Crippen LogP contribution in [0.2, 0.25) is 0 Å². The van der Waals surface area contributed by atoms with Crippen molar-refractivity contribution >= 4 is 17.6 Å². The molecule has 0 bridgehead atoms. The number of esters is 1. The maximum atomic E-state index is 13.0. The number of H-pyrrole nitrogens is 1. The Balaban J connectivity index is 1.62. The Hall–Kier alpha value is -3.54. The molecule has 2 aromatic rings. The minimum atomic E-state index is -5.21. The van der Waals surface area contributed by atoms with E-state index < -0.39 is 41.1 Å². The number of ether oxygens (including phenoxy) is 1. The molecular formula is C22H20F3N3O6. The van der Waals surface area contributed by atoms with Crippen LogP contribution in [0, 0.1) is 11.8 Å². The maximum Gasteiger partial charge on any atom is 0.490 e. The number of halogens is 3. The number of piperidine rings is 1. The summed E-state index contributed by atoms with van der Waals surface area (Å²) in [4.78, 5) is 39.9. The van der Waals surface area contributed by atoms with E-state index in [1.165, 1.54) is 0 Å². The number of nitrogens with two attached hydrogens (primary N) is 1. The molecule has 2 heterocycles. The van der Waals surface area contributed by atoms with E-state index in [-0.39, 0.29) is 41.3 Å². The van der Waals surface area contributed by atoms with Gasteiger partial charge >= 0.3 is 18.1 Å². The fourth-order valence-electron chi connectivity index (χ4n) is 5.07. The van der Waals surface area contributed by atoms with Crippen molar-refractivity contribution < 1.29 is 37.7 Å². The van der Waals surface area contributed by atoms with Gasteiger partial charge in [-0.2, -0.15) is 13.2 Å². The number of carboxylic acid groups (broad SMARTS) is 1. The van der Waals surface area contributed by atoms with Crippen molar-refractivity contribution in [2.45, 2.75) is 31.2 Å². The van der Waals surface area contributed by atoms with E-state index in [0.29, 0.717) is 30.6 Å². The molecule has 0 radical (unpaired) electrons. The third kappa shape index (κ3) is 3.49. The number of rotatable bonds is 3. The Morgan fingerprint density at radius 2 is 1.88 bits per heavy atom. The molecule has 3 aliphatic rings. The molecule has 1 aromatic carbocycles. The highest BCUT2D eigenvalue weighted by Crippen LogP contribution is 2.47. The van der Waals surface area contributed by atoms with Crippen LogP contribution >= 0.6 is 0 Å². The van der Waals surface area contributed by atoms with Crippen LogP contribution in [0.1, 0.15) is 34.0 Å². The summed E-state index contributed by atoms with van der Waals surface area (Å²) >= 11 is 0. The second kappa shape index (κ2) is 7.49. The first-order chi connectivity index (χ1) is 16.0. The predicted octanol–water partition coefficient (Wildman–Crippen LogP) is 1.93. The number of fused-ring (bicyclic) bond motifs is 4. The summed E-state index contributed by atoms with van der Waals surface area (Å²) < 4.78 is 43.7. The van der Waals surface area contributed by atoms with Gasteiger partial charge in [0.25, 0.3) is 5.56 Å². The lowest BCUT2D eigenvalue weighted by Crippen LogP contribution is -2.29. The van der Waals surface area contributed by atoms with Crippen molar-refractivity contribution in [1.82, 2.24) is 4.98 Å². The monoisotopic (exact) mass is 479 g/mol. The van der Waals surface area contributed by atoms with E-state index in [1.807, 2.05) is 4.90 Å². The lowest BCUT2D eigenvalue weighted by atomic mass is 9.98. The molecule has 0 spiro atoms. The highest BCUT2D eigenvalue weighted by molar-refractivity contribution is 5.92. The van der Waals surface area contributed by atoms with Gasteiger partial charge < -0.3 is 30.6 Å². The van der Waals surface area contributed by atoms with Crippen molar-refractivity contribution in [2.75, 3.05) is 18.0 Å². The number of carbonyl (C=O) groups excluding carboxylic acids is 1. The number of carbonyl (C=O) groups is 2. The highest BCUT2D eigenvalue weighted by Gasteiger charge is 2.53. The molecule has 1 saturated carbocycles. The van der Waals surface area contributed by atoms with Gasteiger partial charge in [0.1, 0.15) is 11.9 Å². The van der Waals surface area contributed by atoms with Crippen molar-refractivity contribution in [3.8, 4) is 17.0 Å². The average Bonchev–Trinajstić information content (AvgIpc) is 3.17. The van der Waals surface area contributed by atoms with Gasteiger partial charge in [-0.3, -0.25) is 4.79 Å². The largest absolute Gasteiger partial charge is 0.506 e. The van der Waals surface area contributed by atoms with Crippen molar-refractivity contribution in [2.24, 2.45) is 17.6 Å². The molecule has 5 rings (SSSR count). The number of alkyl halides is 3. The number of aromatic amines is 1. The number of nitrogens with zero attached hydrogens (tertiary/aromatic N) is 1. The number of carboxylic acids is 1. The second-order valence-corrected chi connectivity index (χ2v) is 8.85. The van der Waals surface area contributed by atoms with E-state index >= 15 is 0 Å². The van der Waals surface area contributed by atoms with Crippen LogP contribution < -0.4 is 16.2 Å². The zero-order valence-electron chi connectivity index (χ0n) is 17.6. The Labute approximate surface area is 189 Å². The van der Waals surface area contributed by atoms with Crippen LogP contribution in [0.4, 0.5) is 18.9 Å². The number of aromatic nitrogens is 1. The standard InChI is InChI=1S/C22H20F3N3O6/c23-22(24,25)21(33)34-14-4-3-10-17(27-19(30)15(18(10)29)20(31)32)9-2-1-8(5-11(9)14)28-6-12-13(7-28)16(12)26/h1-2,5,12-14,16H,3-4,6-7,26H2,(H,31,32)(H2,27,29,30)/t12-,13+,14?,16?. The Kier molecular flexibility index (Phi) is 4.90. The minimum Gasteiger partial charge on any atom is -0.506 e. The molecule has 0 amide bonds. The van der Waals surface area contributed by atoms with Crippen LogP contribution in [0.5, 0.6) is 5.75 Å². The van der Waals surface area contributed by atoms with Gasteiger partial charge in [-0.25, -0.2) is 9.59 Å². The van der Waals surface area contributed by atoms with Crippen LogP contribution in [0.25, 0.3) is 11.3 Å². The summed E-state index contributed by atoms with van der Waals surface area (Å²) in [5.41, 5.74) is 5.34. The fraction of sp³-hybridized carbons (Fsp3) is 0.409. The molecular weight excluding hydrogens is 459 g/mol. The van der Waals surface area contributed by atoms with E-state index in [2.05, 4.69) is 4.98 Å². The van der Waals surface area contributed by atoms with Gasteiger partial charge in [0.15, 0.2) is 5.56 Å². The average molecular weight is 479 g/mol. The van der Waals surface area contributed by atoms with Gasteiger partial charge in [0, 0.05) is 41.5 Å². The van der Waals surface area contributed by atoms with Crippen LogP contribution in [-0.4, -0.2) is 52.4 Å². The first-order valence-electron chi connectivity index (χ1n) is 10.6. The van der Waals surface area contributed by atoms with Gasteiger partial charge in [-0.15, -0.1) is 0 Å². The predicted molar refractivity (Wildman–Crippen MR) is 112 cm³/mol. The lowest BCUT2D eigenvalue weighted by Gasteiger charge is -2.25. The smallest absolute Gasteiger partial charge is 0.490 e. The third-order valence-electron chi connectivity index (χ3n) is 6.92. The molecule has 2 unspecified atom stereocenters. The quantitative estimate of drug-likeness (QED) is 0.489. The van der Waals surface area contributed by atoms with Crippen molar-refractivity contribution in [1.29, 1.82) is 0 Å². The molecule has 180 valence electrons. The molecule has 2 aliphatic carbocycles. The zero-order chi connectivity index (χ0) is 24.5. The molecule has 34 heavy (non-hydrogen) atoms. The first-order valence-corrected chi connectivity index (χ1v) is 10.6. The molecule has 5 N–H and O–H groups in total. The number of nitrogens with one attached hydrogen (secondary N) is 1. The number of pyridine rings is 1. The molecule has 1 saturated heterocycles. The van der Waals surface area contributed by atoms with Gasteiger partial charge in [0.05, 0.1) is 5.69 Å². The van der Waals surface area contributed by atoms with Crippen molar-refractivity contribution in [3.63, 3.8) is 0 Å². The normalized spacial score (nSPS) is 25.1. The molecule has 12 heteroatoms. The first kappa shape index (κ1) is 22.3. The SMILES string of the molecule is NC1[C@H]2CN(c3ccc4c(c3)C(OC(=O)C(F)(F)F)CCc3c-4[nH]c(=O)c(C(=O)O)c3O)C[C@@H]12. The summed E-state index contributed by atoms with van der Waals surface area (Å²) in [7, 11) is 0. The lowest BCUT2D eigenvalue weighted by molar-refractivity contribution is -0.205. The molecule has 1 aromatic heterocycles.